The molecule has 0 radical (unpaired) electrons. The average molecular weight is 541 g/mol. The molecule has 1 aliphatic heterocycles. The Balaban J connectivity index is 1.40. The number of nitrogens with zero attached hydrogens (tertiary/aromatic N) is 1. The van der Waals surface area contributed by atoms with Crippen molar-refractivity contribution in [1.82, 2.24) is 14.6 Å². The number of aromatic nitrogens is 2. The van der Waals surface area contributed by atoms with Crippen molar-refractivity contribution >= 4 is 13.7 Å². The van der Waals surface area contributed by atoms with E-state index in [1.165, 1.54) is 17.7 Å². The van der Waals surface area contributed by atoms with E-state index in [1.54, 1.807) is 49.4 Å². The number of hydrogen-bond donors (Lipinski definition) is 2. The minimum atomic E-state index is -4.10. The second kappa shape index (κ2) is 12.2. The lowest BCUT2D eigenvalue weighted by atomic mass is 10.2. The molecular weight excluding hydrogens is 513 g/mol. The summed E-state index contributed by atoms with van der Waals surface area (Å²) < 4.78 is 37.4. The van der Waals surface area contributed by atoms with Gasteiger partial charge in [0.2, 0.25) is 0 Å². The molecule has 1 unspecified atom stereocenters. The highest BCUT2D eigenvalue weighted by atomic mass is 31.2. The molecule has 0 amide bonds. The predicted octanol–water partition coefficient (Wildman–Crippen LogP) is 3.22. The van der Waals surface area contributed by atoms with Crippen molar-refractivity contribution in [2.75, 3.05) is 6.61 Å². The summed E-state index contributed by atoms with van der Waals surface area (Å²) in [6.45, 7) is 2.91. The monoisotopic (exact) mass is 541 g/mol. The van der Waals surface area contributed by atoms with Crippen LogP contribution in [0.1, 0.15) is 24.3 Å². The fourth-order valence-corrected chi connectivity index (χ4v) is 5.04. The Morgan fingerprint density at radius 2 is 1.79 bits per heavy atom. The molecular formula is C26H28N3O8P. The molecule has 0 spiro atoms. The number of rotatable bonds is 11. The van der Waals surface area contributed by atoms with Crippen molar-refractivity contribution < 1.29 is 27.9 Å². The SMILES string of the molecule is Cc1cn([C@H]2C=C[C@@H](COP(=O)(N[C@@H](C)C(=O)OCc3ccccc3)Oc3ccccc3)O2)c(=O)[nH]c1=O. The average Bonchev–Trinajstić information content (AvgIpc) is 3.38. The molecule has 2 N–H and O–H groups in total. The first kappa shape index (κ1) is 27.3. The summed E-state index contributed by atoms with van der Waals surface area (Å²) in [5.74, 6) is -0.372. The normalized spacial score (nSPS) is 19.0. The topological polar surface area (TPSA) is 138 Å². The third kappa shape index (κ3) is 7.17. The largest absolute Gasteiger partial charge is 0.460 e. The van der Waals surface area contributed by atoms with Crippen molar-refractivity contribution in [3.63, 3.8) is 0 Å². The van der Waals surface area contributed by atoms with E-state index in [4.69, 9.17) is 18.5 Å². The smallest absolute Gasteiger partial charge is 0.459 e. The fourth-order valence-electron chi connectivity index (χ4n) is 3.54. The summed E-state index contributed by atoms with van der Waals surface area (Å²) in [6, 6.07) is 16.5. The van der Waals surface area contributed by atoms with Crippen LogP contribution in [0.5, 0.6) is 5.75 Å². The second-order valence-electron chi connectivity index (χ2n) is 8.57. The highest BCUT2D eigenvalue weighted by molar-refractivity contribution is 7.52. The van der Waals surface area contributed by atoms with Gasteiger partial charge in [-0.3, -0.25) is 23.7 Å². The van der Waals surface area contributed by atoms with Gasteiger partial charge in [0, 0.05) is 11.8 Å². The van der Waals surface area contributed by atoms with Gasteiger partial charge in [-0.25, -0.2) is 9.36 Å². The van der Waals surface area contributed by atoms with E-state index in [1.807, 2.05) is 30.3 Å². The Bertz CT molecular complexity index is 1440. The van der Waals surface area contributed by atoms with Crippen LogP contribution in [0.3, 0.4) is 0 Å². The molecule has 12 heteroatoms. The van der Waals surface area contributed by atoms with E-state index in [9.17, 15) is 18.9 Å². The van der Waals surface area contributed by atoms with Crippen LogP contribution in [-0.4, -0.2) is 34.3 Å². The molecule has 38 heavy (non-hydrogen) atoms. The Morgan fingerprint density at radius 3 is 2.50 bits per heavy atom. The van der Waals surface area contributed by atoms with Gasteiger partial charge < -0.3 is 14.0 Å². The molecule has 0 aliphatic carbocycles. The summed E-state index contributed by atoms with van der Waals surface area (Å²) in [4.78, 5) is 38.6. The number of aryl methyl sites for hydroxylation is 1. The van der Waals surface area contributed by atoms with Crippen molar-refractivity contribution in [1.29, 1.82) is 0 Å². The lowest BCUT2D eigenvalue weighted by Crippen LogP contribution is -2.36. The molecule has 0 saturated heterocycles. The van der Waals surface area contributed by atoms with E-state index < -0.39 is 43.3 Å². The molecule has 4 atom stereocenters. The van der Waals surface area contributed by atoms with Gasteiger partial charge in [0.1, 0.15) is 24.5 Å². The minimum absolute atomic E-state index is 0.0576. The number of H-pyrrole nitrogens is 1. The zero-order chi connectivity index (χ0) is 27.1. The summed E-state index contributed by atoms with van der Waals surface area (Å²) in [6.07, 6.45) is 3.18. The number of ether oxygens (including phenoxy) is 2. The standard InChI is InChI=1S/C26H28N3O8P/c1-18-15-29(26(32)27-24(18)30)23-14-13-22(36-23)17-35-38(33,37-21-11-7-4-8-12-21)28-19(2)25(31)34-16-20-9-5-3-6-10-20/h3-15,19,22-23H,16-17H2,1-2H3,(H,28,33)(H,27,30,32)/t19-,22-,23+,38?/m0/s1. The van der Waals surface area contributed by atoms with Crippen LogP contribution in [0, 0.1) is 6.92 Å². The number of para-hydroxylation sites is 1. The van der Waals surface area contributed by atoms with Gasteiger partial charge in [-0.15, -0.1) is 0 Å². The maximum atomic E-state index is 13.7. The molecule has 3 aromatic rings. The van der Waals surface area contributed by atoms with Crippen LogP contribution in [0.4, 0.5) is 0 Å². The number of esters is 1. The zero-order valence-corrected chi connectivity index (χ0v) is 21.7. The summed E-state index contributed by atoms with van der Waals surface area (Å²) in [7, 11) is -4.10. The van der Waals surface area contributed by atoms with Gasteiger partial charge >= 0.3 is 19.4 Å². The van der Waals surface area contributed by atoms with Gasteiger partial charge in [-0.1, -0.05) is 54.6 Å². The Kier molecular flexibility index (Phi) is 8.75. The van der Waals surface area contributed by atoms with E-state index in [0.29, 0.717) is 5.56 Å². The second-order valence-corrected chi connectivity index (χ2v) is 10.3. The van der Waals surface area contributed by atoms with E-state index in [0.717, 1.165) is 5.56 Å². The van der Waals surface area contributed by atoms with Gasteiger partial charge in [0.05, 0.1) is 6.61 Å². The van der Waals surface area contributed by atoms with Crippen LogP contribution >= 0.6 is 7.75 Å². The van der Waals surface area contributed by atoms with Crippen molar-refractivity contribution in [2.45, 2.75) is 38.8 Å². The Morgan fingerprint density at radius 1 is 1.11 bits per heavy atom. The number of nitrogens with one attached hydrogen (secondary N) is 2. The molecule has 1 aliphatic rings. The molecule has 200 valence electrons. The van der Waals surface area contributed by atoms with Crippen LogP contribution in [0.25, 0.3) is 0 Å². The van der Waals surface area contributed by atoms with Crippen LogP contribution in [0.2, 0.25) is 0 Å². The van der Waals surface area contributed by atoms with Gasteiger partial charge in [-0.05, 0) is 37.6 Å². The minimum Gasteiger partial charge on any atom is -0.460 e. The maximum Gasteiger partial charge on any atom is 0.459 e. The first-order valence-corrected chi connectivity index (χ1v) is 13.4. The number of aromatic amines is 1. The highest BCUT2D eigenvalue weighted by Crippen LogP contribution is 2.45. The van der Waals surface area contributed by atoms with E-state index in [2.05, 4.69) is 10.1 Å². The van der Waals surface area contributed by atoms with Gasteiger partial charge in [0.15, 0.2) is 6.23 Å². The zero-order valence-electron chi connectivity index (χ0n) is 20.8. The molecule has 2 aromatic carbocycles. The van der Waals surface area contributed by atoms with Crippen molar-refractivity contribution in [2.24, 2.45) is 0 Å². The van der Waals surface area contributed by atoms with Gasteiger partial charge in [-0.2, -0.15) is 5.09 Å². The fraction of sp³-hybridized carbons (Fsp3) is 0.269. The summed E-state index contributed by atoms with van der Waals surface area (Å²) >= 11 is 0. The lowest BCUT2D eigenvalue weighted by Gasteiger charge is -2.24. The van der Waals surface area contributed by atoms with E-state index in [-0.39, 0.29) is 19.0 Å². The highest BCUT2D eigenvalue weighted by Gasteiger charge is 2.34. The van der Waals surface area contributed by atoms with Crippen molar-refractivity contribution in [3.05, 3.63) is 111 Å². The summed E-state index contributed by atoms with van der Waals surface area (Å²) in [5, 5.41) is 2.63. The first-order chi connectivity index (χ1) is 18.2. The lowest BCUT2D eigenvalue weighted by molar-refractivity contribution is -0.146. The number of hydrogen-bond acceptors (Lipinski definition) is 8. The molecule has 0 saturated carbocycles. The number of carbonyl (C=O) groups excluding carboxylic acids is 1. The quantitative estimate of drug-likeness (QED) is 0.213. The molecule has 0 bridgehead atoms. The first-order valence-electron chi connectivity index (χ1n) is 11.9. The summed E-state index contributed by atoms with van der Waals surface area (Å²) in [5.41, 5.74) is 0.0536. The number of benzene rings is 2. The van der Waals surface area contributed by atoms with Crippen LogP contribution in [0.15, 0.2) is 88.6 Å². The Labute approximate surface area is 218 Å². The van der Waals surface area contributed by atoms with Crippen LogP contribution < -0.4 is 20.9 Å². The molecule has 1 aromatic heterocycles. The molecule has 11 nitrogen and oxygen atoms in total. The van der Waals surface area contributed by atoms with Gasteiger partial charge in [0.25, 0.3) is 5.56 Å². The predicted molar refractivity (Wildman–Crippen MR) is 139 cm³/mol. The van der Waals surface area contributed by atoms with E-state index >= 15 is 0 Å². The Hall–Kier alpha value is -3.76. The molecule has 4 rings (SSSR count). The van der Waals surface area contributed by atoms with Crippen LogP contribution in [-0.2, 0) is 30.0 Å². The van der Waals surface area contributed by atoms with Crippen molar-refractivity contribution in [3.8, 4) is 5.75 Å². The third-order valence-electron chi connectivity index (χ3n) is 5.53. The third-order valence-corrected chi connectivity index (χ3v) is 7.18. The maximum absolute atomic E-state index is 13.7. The molecule has 0 fully saturated rings. The molecule has 2 heterocycles. The number of carbonyl (C=O) groups is 1.